The summed E-state index contributed by atoms with van der Waals surface area (Å²) in [6.07, 6.45) is 1.16. The number of piperidine rings is 1. The van der Waals surface area contributed by atoms with Crippen LogP contribution in [-0.4, -0.2) is 24.0 Å². The van der Waals surface area contributed by atoms with Gasteiger partial charge in [-0.05, 0) is 34.7 Å². The second-order valence-electron chi connectivity index (χ2n) is 5.98. The van der Waals surface area contributed by atoms with Crippen molar-refractivity contribution in [3.8, 4) is 0 Å². The summed E-state index contributed by atoms with van der Waals surface area (Å²) in [6, 6.07) is 15.6. The topological polar surface area (TPSA) is 29.3 Å². The monoisotopic (exact) mass is 254 g/mol. The summed E-state index contributed by atoms with van der Waals surface area (Å²) in [7, 11) is 0. The standard InChI is InChI=1S/C17H22N2/c1-13-8-17(18)12-19(10-13)11-14-6-7-15-4-2-3-5-16(15)9-14/h2-7,9,13,17H,8,10-12,18H2,1H3. The smallest absolute Gasteiger partial charge is 0.0234 e. The molecule has 2 heteroatoms. The Kier molecular flexibility index (Phi) is 3.54. The van der Waals surface area contributed by atoms with Gasteiger partial charge in [-0.3, -0.25) is 4.90 Å². The lowest BCUT2D eigenvalue weighted by atomic mass is 9.96. The Morgan fingerprint density at radius 1 is 1.11 bits per heavy atom. The summed E-state index contributed by atoms with van der Waals surface area (Å²) >= 11 is 0. The molecule has 1 saturated heterocycles. The Morgan fingerprint density at radius 3 is 2.68 bits per heavy atom. The van der Waals surface area contributed by atoms with Gasteiger partial charge >= 0.3 is 0 Å². The average molecular weight is 254 g/mol. The van der Waals surface area contributed by atoms with Crippen LogP contribution >= 0.6 is 0 Å². The Labute approximate surface area is 115 Å². The van der Waals surface area contributed by atoms with Gasteiger partial charge in [0, 0.05) is 25.7 Å². The van der Waals surface area contributed by atoms with E-state index in [0.717, 1.165) is 19.5 Å². The fourth-order valence-electron chi connectivity index (χ4n) is 3.24. The minimum atomic E-state index is 0.337. The van der Waals surface area contributed by atoms with E-state index in [4.69, 9.17) is 5.73 Å². The highest BCUT2D eigenvalue weighted by Crippen LogP contribution is 2.20. The zero-order valence-electron chi connectivity index (χ0n) is 11.5. The number of likely N-dealkylation sites (tertiary alicyclic amines) is 1. The minimum Gasteiger partial charge on any atom is -0.327 e. The highest BCUT2D eigenvalue weighted by molar-refractivity contribution is 5.82. The molecule has 0 saturated carbocycles. The zero-order valence-corrected chi connectivity index (χ0v) is 11.5. The second-order valence-corrected chi connectivity index (χ2v) is 5.98. The van der Waals surface area contributed by atoms with E-state index in [0.29, 0.717) is 12.0 Å². The van der Waals surface area contributed by atoms with Crippen LogP contribution in [0.1, 0.15) is 18.9 Å². The van der Waals surface area contributed by atoms with Gasteiger partial charge in [0.05, 0.1) is 0 Å². The lowest BCUT2D eigenvalue weighted by Gasteiger charge is -2.34. The predicted octanol–water partition coefficient (Wildman–Crippen LogP) is 3.01. The van der Waals surface area contributed by atoms with Crippen LogP contribution in [0.25, 0.3) is 10.8 Å². The van der Waals surface area contributed by atoms with E-state index < -0.39 is 0 Å². The molecule has 0 aromatic heterocycles. The molecule has 19 heavy (non-hydrogen) atoms. The quantitative estimate of drug-likeness (QED) is 0.892. The molecule has 2 nitrogen and oxygen atoms in total. The molecular formula is C17H22N2. The van der Waals surface area contributed by atoms with Crippen molar-refractivity contribution in [2.24, 2.45) is 11.7 Å². The summed E-state index contributed by atoms with van der Waals surface area (Å²) in [6.45, 7) is 5.51. The van der Waals surface area contributed by atoms with E-state index in [-0.39, 0.29) is 0 Å². The predicted molar refractivity (Wildman–Crippen MR) is 81.0 cm³/mol. The first-order valence-electron chi connectivity index (χ1n) is 7.16. The van der Waals surface area contributed by atoms with Crippen molar-refractivity contribution in [3.63, 3.8) is 0 Å². The Balaban J connectivity index is 1.77. The Hall–Kier alpha value is -1.38. The molecule has 1 heterocycles. The van der Waals surface area contributed by atoms with Gasteiger partial charge in [0.15, 0.2) is 0 Å². The van der Waals surface area contributed by atoms with Crippen molar-refractivity contribution < 1.29 is 0 Å². The summed E-state index contributed by atoms with van der Waals surface area (Å²) in [5.41, 5.74) is 7.51. The lowest BCUT2D eigenvalue weighted by Crippen LogP contribution is -2.45. The van der Waals surface area contributed by atoms with Crippen LogP contribution in [0.2, 0.25) is 0 Å². The fourth-order valence-corrected chi connectivity index (χ4v) is 3.24. The SMILES string of the molecule is CC1CC(N)CN(Cc2ccc3ccccc3c2)C1. The third-order valence-electron chi connectivity index (χ3n) is 3.99. The Bertz CT molecular complexity index is 554. The minimum absolute atomic E-state index is 0.337. The molecule has 2 aromatic carbocycles. The lowest BCUT2D eigenvalue weighted by molar-refractivity contribution is 0.158. The maximum atomic E-state index is 6.12. The molecule has 3 rings (SSSR count). The zero-order chi connectivity index (χ0) is 13.2. The van der Waals surface area contributed by atoms with Gasteiger partial charge in [0.1, 0.15) is 0 Å². The third kappa shape index (κ3) is 2.96. The number of fused-ring (bicyclic) bond motifs is 1. The van der Waals surface area contributed by atoms with E-state index in [2.05, 4.69) is 54.3 Å². The van der Waals surface area contributed by atoms with Gasteiger partial charge in [-0.1, -0.05) is 43.3 Å². The van der Waals surface area contributed by atoms with E-state index in [9.17, 15) is 0 Å². The van der Waals surface area contributed by atoms with E-state index in [1.807, 2.05) is 0 Å². The molecule has 2 aromatic rings. The van der Waals surface area contributed by atoms with Crippen LogP contribution < -0.4 is 5.73 Å². The highest BCUT2D eigenvalue weighted by Gasteiger charge is 2.21. The van der Waals surface area contributed by atoms with Crippen molar-refractivity contribution in [1.29, 1.82) is 0 Å². The van der Waals surface area contributed by atoms with Gasteiger partial charge < -0.3 is 5.73 Å². The number of nitrogens with two attached hydrogens (primary N) is 1. The van der Waals surface area contributed by atoms with Crippen LogP contribution in [0.3, 0.4) is 0 Å². The maximum absolute atomic E-state index is 6.12. The van der Waals surface area contributed by atoms with Crippen LogP contribution in [0, 0.1) is 5.92 Å². The first-order valence-corrected chi connectivity index (χ1v) is 7.16. The van der Waals surface area contributed by atoms with Crippen LogP contribution in [0.4, 0.5) is 0 Å². The normalized spacial score (nSPS) is 24.7. The van der Waals surface area contributed by atoms with Crippen molar-refractivity contribution in [2.45, 2.75) is 25.9 Å². The van der Waals surface area contributed by atoms with Crippen molar-refractivity contribution in [1.82, 2.24) is 4.90 Å². The summed E-state index contributed by atoms with van der Waals surface area (Å²) < 4.78 is 0. The van der Waals surface area contributed by atoms with Gasteiger partial charge in [0.25, 0.3) is 0 Å². The second kappa shape index (κ2) is 5.32. The largest absolute Gasteiger partial charge is 0.327 e. The van der Waals surface area contributed by atoms with Crippen LogP contribution in [0.5, 0.6) is 0 Å². The summed E-state index contributed by atoms with van der Waals surface area (Å²) in [5.74, 6) is 0.712. The Morgan fingerprint density at radius 2 is 1.89 bits per heavy atom. The highest BCUT2D eigenvalue weighted by atomic mass is 15.1. The van der Waals surface area contributed by atoms with Crippen molar-refractivity contribution >= 4 is 10.8 Å². The summed E-state index contributed by atoms with van der Waals surface area (Å²) in [5, 5.41) is 2.64. The maximum Gasteiger partial charge on any atom is 0.0234 e. The number of rotatable bonds is 2. The summed E-state index contributed by atoms with van der Waals surface area (Å²) in [4.78, 5) is 2.49. The molecule has 0 spiro atoms. The molecule has 1 aliphatic heterocycles. The van der Waals surface area contributed by atoms with Gasteiger partial charge in [0.2, 0.25) is 0 Å². The first-order chi connectivity index (χ1) is 9.20. The van der Waals surface area contributed by atoms with Crippen molar-refractivity contribution in [2.75, 3.05) is 13.1 Å². The van der Waals surface area contributed by atoms with E-state index >= 15 is 0 Å². The number of hydrogen-bond acceptors (Lipinski definition) is 2. The van der Waals surface area contributed by atoms with Crippen LogP contribution in [-0.2, 0) is 6.54 Å². The molecule has 0 bridgehead atoms. The third-order valence-corrected chi connectivity index (χ3v) is 3.99. The molecular weight excluding hydrogens is 232 g/mol. The number of hydrogen-bond donors (Lipinski definition) is 1. The van der Waals surface area contributed by atoms with Crippen LogP contribution in [0.15, 0.2) is 42.5 Å². The van der Waals surface area contributed by atoms with E-state index in [1.165, 1.54) is 22.9 Å². The van der Waals surface area contributed by atoms with Gasteiger partial charge in [-0.25, -0.2) is 0 Å². The molecule has 100 valence electrons. The number of benzene rings is 2. The molecule has 1 fully saturated rings. The molecule has 2 atom stereocenters. The molecule has 0 radical (unpaired) electrons. The van der Waals surface area contributed by atoms with Crippen molar-refractivity contribution in [3.05, 3.63) is 48.0 Å². The molecule has 1 aliphatic rings. The molecule has 2 N–H and O–H groups in total. The van der Waals surface area contributed by atoms with Gasteiger partial charge in [-0.2, -0.15) is 0 Å². The molecule has 0 aliphatic carbocycles. The average Bonchev–Trinajstić information content (AvgIpc) is 2.37. The van der Waals surface area contributed by atoms with E-state index in [1.54, 1.807) is 0 Å². The first kappa shape index (κ1) is 12.6. The molecule has 0 amide bonds. The fraction of sp³-hybridized carbons (Fsp3) is 0.412. The van der Waals surface area contributed by atoms with Gasteiger partial charge in [-0.15, -0.1) is 0 Å². The number of nitrogens with zero attached hydrogens (tertiary/aromatic N) is 1. The molecule has 2 unspecified atom stereocenters.